The first-order chi connectivity index (χ1) is 6.45. The molecular formula is C8H5BrINO3. The Kier molecular flexibility index (Phi) is 3.59. The van der Waals surface area contributed by atoms with E-state index >= 15 is 0 Å². The van der Waals surface area contributed by atoms with Crippen LogP contribution in [0.25, 0.3) is 0 Å². The molecule has 0 atom stereocenters. The van der Waals surface area contributed by atoms with Crippen molar-refractivity contribution in [2.75, 3.05) is 0 Å². The van der Waals surface area contributed by atoms with Crippen LogP contribution in [0.15, 0.2) is 16.6 Å². The third kappa shape index (κ3) is 2.11. The molecule has 6 heteroatoms. The molecule has 0 N–H and O–H groups in total. The molecule has 14 heavy (non-hydrogen) atoms. The van der Waals surface area contributed by atoms with Gasteiger partial charge in [-0.05, 0) is 57.6 Å². The van der Waals surface area contributed by atoms with Crippen molar-refractivity contribution in [1.29, 1.82) is 0 Å². The Balaban J connectivity index is 3.49. The van der Waals surface area contributed by atoms with Gasteiger partial charge in [0.25, 0.3) is 5.69 Å². The number of hydrogen-bond acceptors (Lipinski definition) is 3. The van der Waals surface area contributed by atoms with E-state index in [1.54, 1.807) is 12.1 Å². The van der Waals surface area contributed by atoms with Gasteiger partial charge in [0.15, 0.2) is 5.78 Å². The van der Waals surface area contributed by atoms with E-state index in [9.17, 15) is 14.9 Å². The fourth-order valence-corrected chi connectivity index (χ4v) is 2.77. The van der Waals surface area contributed by atoms with Gasteiger partial charge in [0, 0.05) is 5.56 Å². The summed E-state index contributed by atoms with van der Waals surface area (Å²) in [7, 11) is 0. The van der Waals surface area contributed by atoms with Crippen LogP contribution in [0.5, 0.6) is 0 Å². The van der Waals surface area contributed by atoms with Crippen LogP contribution in [0.3, 0.4) is 0 Å². The predicted molar refractivity (Wildman–Crippen MR) is 63.5 cm³/mol. The van der Waals surface area contributed by atoms with Crippen molar-refractivity contribution in [3.05, 3.63) is 35.9 Å². The monoisotopic (exact) mass is 369 g/mol. The van der Waals surface area contributed by atoms with Gasteiger partial charge in [-0.3, -0.25) is 14.9 Å². The average Bonchev–Trinajstić information content (AvgIpc) is 2.02. The Morgan fingerprint density at radius 3 is 2.57 bits per heavy atom. The Labute approximate surface area is 102 Å². The van der Waals surface area contributed by atoms with Crippen LogP contribution in [0.1, 0.15) is 17.3 Å². The van der Waals surface area contributed by atoms with Gasteiger partial charge in [0.05, 0.1) is 8.49 Å². The molecule has 0 heterocycles. The second-order valence-corrected chi connectivity index (χ2v) is 4.53. The predicted octanol–water partition coefficient (Wildman–Crippen LogP) is 3.16. The standard InChI is InChI=1S/C8H5BrINO3/c1-4(12)5-2-3-6(10)8(7(5)9)11(13)14/h2-3H,1H3. The lowest BCUT2D eigenvalue weighted by atomic mass is 10.1. The molecular weight excluding hydrogens is 365 g/mol. The molecule has 1 aromatic rings. The number of nitrogens with zero attached hydrogens (tertiary/aromatic N) is 1. The first-order valence-corrected chi connectivity index (χ1v) is 5.45. The molecule has 0 amide bonds. The van der Waals surface area contributed by atoms with Gasteiger partial charge < -0.3 is 0 Å². The van der Waals surface area contributed by atoms with Crippen molar-refractivity contribution in [2.45, 2.75) is 6.92 Å². The molecule has 4 nitrogen and oxygen atoms in total. The molecule has 0 radical (unpaired) electrons. The molecule has 1 aromatic carbocycles. The molecule has 0 bridgehead atoms. The summed E-state index contributed by atoms with van der Waals surface area (Å²) in [4.78, 5) is 21.3. The highest BCUT2D eigenvalue weighted by Crippen LogP contribution is 2.33. The summed E-state index contributed by atoms with van der Waals surface area (Å²) in [5.41, 5.74) is 0.274. The number of benzene rings is 1. The van der Waals surface area contributed by atoms with E-state index in [2.05, 4.69) is 15.9 Å². The maximum Gasteiger partial charge on any atom is 0.297 e. The Morgan fingerprint density at radius 1 is 1.57 bits per heavy atom. The van der Waals surface area contributed by atoms with Gasteiger partial charge in [-0.25, -0.2) is 0 Å². The lowest BCUT2D eigenvalue weighted by molar-refractivity contribution is -0.386. The zero-order chi connectivity index (χ0) is 10.9. The minimum atomic E-state index is -0.502. The fraction of sp³-hybridized carbons (Fsp3) is 0.125. The fourth-order valence-electron chi connectivity index (χ4n) is 0.980. The first-order valence-electron chi connectivity index (χ1n) is 3.58. The van der Waals surface area contributed by atoms with Gasteiger partial charge in [0.1, 0.15) is 4.47 Å². The summed E-state index contributed by atoms with van der Waals surface area (Å²) in [5, 5.41) is 10.7. The Morgan fingerprint density at radius 2 is 2.14 bits per heavy atom. The molecule has 74 valence electrons. The number of ketones is 1. The zero-order valence-electron chi connectivity index (χ0n) is 7.08. The van der Waals surface area contributed by atoms with Gasteiger partial charge in [0.2, 0.25) is 0 Å². The summed E-state index contributed by atoms with van der Waals surface area (Å²) < 4.78 is 0.756. The van der Waals surface area contributed by atoms with Crippen molar-refractivity contribution >= 4 is 50.0 Å². The number of Topliss-reactive ketones (excluding diaryl/α,β-unsaturated/α-hetero) is 1. The molecule has 1 rings (SSSR count). The molecule has 0 aromatic heterocycles. The third-order valence-electron chi connectivity index (χ3n) is 1.63. The van der Waals surface area contributed by atoms with Crippen molar-refractivity contribution in [3.8, 4) is 0 Å². The molecule has 0 spiro atoms. The van der Waals surface area contributed by atoms with E-state index in [1.165, 1.54) is 6.92 Å². The number of carbonyl (C=O) groups is 1. The van der Waals surface area contributed by atoms with Crippen molar-refractivity contribution in [1.82, 2.24) is 0 Å². The first kappa shape index (κ1) is 11.6. The lowest BCUT2D eigenvalue weighted by Crippen LogP contribution is -2.00. The minimum absolute atomic E-state index is 0.0571. The van der Waals surface area contributed by atoms with E-state index < -0.39 is 4.92 Å². The van der Waals surface area contributed by atoms with Crippen molar-refractivity contribution in [3.63, 3.8) is 0 Å². The molecule has 0 aliphatic heterocycles. The normalized spacial score (nSPS) is 9.93. The molecule has 0 saturated carbocycles. The van der Waals surface area contributed by atoms with Crippen LogP contribution in [0, 0.1) is 13.7 Å². The minimum Gasteiger partial charge on any atom is -0.294 e. The number of rotatable bonds is 2. The summed E-state index contributed by atoms with van der Waals surface area (Å²) in [5.74, 6) is -0.198. The number of halogens is 2. The summed E-state index contributed by atoms with van der Waals surface area (Å²) in [6.07, 6.45) is 0. The Bertz CT molecular complexity index is 419. The highest BCUT2D eigenvalue weighted by Gasteiger charge is 2.21. The Hall–Kier alpha value is -0.500. The van der Waals surface area contributed by atoms with Crippen LogP contribution in [-0.4, -0.2) is 10.7 Å². The third-order valence-corrected chi connectivity index (χ3v) is 3.30. The second-order valence-electron chi connectivity index (χ2n) is 2.57. The SMILES string of the molecule is CC(=O)c1ccc(I)c([N+](=O)[O-])c1Br. The average molecular weight is 370 g/mol. The molecule has 0 saturated heterocycles. The van der Waals surface area contributed by atoms with Gasteiger partial charge in [-0.1, -0.05) is 0 Å². The van der Waals surface area contributed by atoms with Crippen molar-refractivity contribution < 1.29 is 9.72 Å². The van der Waals surface area contributed by atoms with Crippen LogP contribution >= 0.6 is 38.5 Å². The number of nitro groups is 1. The van der Waals surface area contributed by atoms with E-state index in [0.29, 0.717) is 9.13 Å². The number of hydrogen-bond donors (Lipinski definition) is 0. The van der Waals surface area contributed by atoms with Gasteiger partial charge in [-0.15, -0.1) is 0 Å². The molecule has 0 aliphatic rings. The van der Waals surface area contributed by atoms with Crippen LogP contribution < -0.4 is 0 Å². The maximum atomic E-state index is 11.1. The highest BCUT2D eigenvalue weighted by atomic mass is 127. The zero-order valence-corrected chi connectivity index (χ0v) is 10.8. The maximum absolute atomic E-state index is 11.1. The topological polar surface area (TPSA) is 60.2 Å². The molecule has 0 aliphatic carbocycles. The van der Waals surface area contributed by atoms with Crippen LogP contribution in [0.2, 0.25) is 0 Å². The quantitative estimate of drug-likeness (QED) is 0.348. The summed E-state index contributed by atoms with van der Waals surface area (Å²) >= 11 is 4.92. The van der Waals surface area contributed by atoms with Gasteiger partial charge in [-0.2, -0.15) is 0 Å². The number of carbonyl (C=O) groups excluding carboxylic acids is 1. The van der Waals surface area contributed by atoms with E-state index in [0.717, 1.165) is 0 Å². The molecule has 0 unspecified atom stereocenters. The van der Waals surface area contributed by atoms with Crippen molar-refractivity contribution in [2.24, 2.45) is 0 Å². The van der Waals surface area contributed by atoms with E-state index in [1.807, 2.05) is 22.6 Å². The second kappa shape index (κ2) is 4.35. The smallest absolute Gasteiger partial charge is 0.294 e. The van der Waals surface area contributed by atoms with E-state index in [4.69, 9.17) is 0 Å². The van der Waals surface area contributed by atoms with Crippen LogP contribution in [-0.2, 0) is 0 Å². The largest absolute Gasteiger partial charge is 0.297 e. The van der Waals surface area contributed by atoms with Crippen LogP contribution in [0.4, 0.5) is 5.69 Å². The molecule has 0 fully saturated rings. The summed E-state index contributed by atoms with van der Waals surface area (Å²) in [6.45, 7) is 1.37. The van der Waals surface area contributed by atoms with E-state index in [-0.39, 0.29) is 15.9 Å². The van der Waals surface area contributed by atoms with Gasteiger partial charge >= 0.3 is 0 Å². The summed E-state index contributed by atoms with van der Waals surface area (Å²) in [6, 6.07) is 3.13. The highest BCUT2D eigenvalue weighted by molar-refractivity contribution is 14.1. The number of nitro benzene ring substituents is 1. The lowest BCUT2D eigenvalue weighted by Gasteiger charge is -2.02.